The Hall–Kier alpha value is -1.47. The molecule has 1 atom stereocenters. The molecule has 15 heavy (non-hydrogen) atoms. The summed E-state index contributed by atoms with van der Waals surface area (Å²) in [6, 6.07) is 2.90. The van der Waals surface area contributed by atoms with E-state index in [1.165, 1.54) is 6.07 Å². The summed E-state index contributed by atoms with van der Waals surface area (Å²) in [5, 5.41) is 0. The molecule has 0 fully saturated rings. The van der Waals surface area contributed by atoms with Gasteiger partial charge in [0.05, 0.1) is 6.04 Å². The van der Waals surface area contributed by atoms with Gasteiger partial charge in [-0.25, -0.2) is 9.18 Å². The Kier molecular flexibility index (Phi) is 3.75. The highest BCUT2D eigenvalue weighted by Crippen LogP contribution is 2.26. The lowest BCUT2D eigenvalue weighted by atomic mass is 9.96. The predicted octanol–water partition coefficient (Wildman–Crippen LogP) is 3.23. The third-order valence-electron chi connectivity index (χ3n) is 2.72. The number of rotatable bonds is 3. The molecule has 80 valence electrons. The lowest BCUT2D eigenvalue weighted by molar-refractivity contribution is 0.555. The first-order valence-corrected chi connectivity index (χ1v) is 4.94. The summed E-state index contributed by atoms with van der Waals surface area (Å²) in [4.78, 5) is 14.0. The molecule has 0 saturated heterocycles. The van der Waals surface area contributed by atoms with Gasteiger partial charge in [0.15, 0.2) is 0 Å². The van der Waals surface area contributed by atoms with Crippen LogP contribution in [0.2, 0.25) is 0 Å². The highest BCUT2D eigenvalue weighted by molar-refractivity contribution is 5.40. The fraction of sp³-hybridized carbons (Fsp3) is 0.417. The van der Waals surface area contributed by atoms with Crippen LogP contribution in [-0.4, -0.2) is 6.08 Å². The number of aliphatic imine (C=N–C) groups is 1. The summed E-state index contributed by atoms with van der Waals surface area (Å²) in [7, 11) is 0. The first-order chi connectivity index (χ1) is 7.11. The van der Waals surface area contributed by atoms with Gasteiger partial charge < -0.3 is 0 Å². The second-order valence-corrected chi connectivity index (χ2v) is 3.53. The number of hydrogen-bond donors (Lipinski definition) is 0. The molecular formula is C12H14FNO. The fourth-order valence-electron chi connectivity index (χ4n) is 1.61. The zero-order valence-electron chi connectivity index (χ0n) is 9.17. The van der Waals surface area contributed by atoms with E-state index in [0.717, 1.165) is 11.1 Å². The van der Waals surface area contributed by atoms with E-state index in [4.69, 9.17) is 0 Å². The molecule has 0 aliphatic carbocycles. The van der Waals surface area contributed by atoms with Crippen LogP contribution in [-0.2, 0) is 4.79 Å². The highest BCUT2D eigenvalue weighted by atomic mass is 19.1. The number of halogens is 1. The maximum Gasteiger partial charge on any atom is 0.235 e. The van der Waals surface area contributed by atoms with Crippen LogP contribution in [0.15, 0.2) is 17.1 Å². The van der Waals surface area contributed by atoms with Crippen molar-refractivity contribution in [3.63, 3.8) is 0 Å². The molecule has 0 spiro atoms. The van der Waals surface area contributed by atoms with E-state index in [0.29, 0.717) is 12.0 Å². The van der Waals surface area contributed by atoms with E-state index in [-0.39, 0.29) is 11.9 Å². The summed E-state index contributed by atoms with van der Waals surface area (Å²) in [5.74, 6) is -0.221. The molecule has 1 aromatic rings. The molecule has 0 aromatic heterocycles. The minimum Gasteiger partial charge on any atom is -0.211 e. The van der Waals surface area contributed by atoms with Crippen molar-refractivity contribution in [3.8, 4) is 0 Å². The van der Waals surface area contributed by atoms with Crippen molar-refractivity contribution < 1.29 is 9.18 Å². The number of carbonyl (C=O) groups excluding carboxylic acids is 1. The topological polar surface area (TPSA) is 29.4 Å². The minimum absolute atomic E-state index is 0.207. The van der Waals surface area contributed by atoms with Gasteiger partial charge in [0.2, 0.25) is 6.08 Å². The van der Waals surface area contributed by atoms with Gasteiger partial charge in [-0.1, -0.05) is 13.0 Å². The van der Waals surface area contributed by atoms with Gasteiger partial charge in [-0.3, -0.25) is 0 Å². The van der Waals surface area contributed by atoms with Crippen LogP contribution >= 0.6 is 0 Å². The summed E-state index contributed by atoms with van der Waals surface area (Å²) in [6.45, 7) is 5.51. The first kappa shape index (κ1) is 11.6. The van der Waals surface area contributed by atoms with Gasteiger partial charge in [-0.15, -0.1) is 0 Å². The van der Waals surface area contributed by atoms with Crippen LogP contribution < -0.4 is 0 Å². The quantitative estimate of drug-likeness (QED) is 0.552. The van der Waals surface area contributed by atoms with Crippen LogP contribution in [0.4, 0.5) is 4.39 Å². The third-order valence-corrected chi connectivity index (χ3v) is 2.72. The summed E-state index contributed by atoms with van der Waals surface area (Å²) in [6.07, 6.45) is 2.27. The zero-order valence-corrected chi connectivity index (χ0v) is 9.17. The van der Waals surface area contributed by atoms with Gasteiger partial charge in [0.25, 0.3) is 0 Å². The fourth-order valence-corrected chi connectivity index (χ4v) is 1.61. The van der Waals surface area contributed by atoms with E-state index in [9.17, 15) is 9.18 Å². The van der Waals surface area contributed by atoms with Crippen molar-refractivity contribution in [2.24, 2.45) is 4.99 Å². The number of isocyanates is 1. The molecule has 2 nitrogen and oxygen atoms in total. The number of benzene rings is 1. The second kappa shape index (κ2) is 4.85. The van der Waals surface area contributed by atoms with Gasteiger partial charge in [-0.2, -0.15) is 4.99 Å². The lowest BCUT2D eigenvalue weighted by Gasteiger charge is -2.13. The first-order valence-electron chi connectivity index (χ1n) is 4.94. The lowest BCUT2D eigenvalue weighted by Crippen LogP contribution is -2.00. The SMILES string of the molecule is CCC(N=C=O)c1ccc(F)c(C)c1C. The van der Waals surface area contributed by atoms with Crippen LogP contribution in [0.5, 0.6) is 0 Å². The van der Waals surface area contributed by atoms with E-state index < -0.39 is 0 Å². The van der Waals surface area contributed by atoms with Crippen molar-refractivity contribution in [1.29, 1.82) is 0 Å². The summed E-state index contributed by atoms with van der Waals surface area (Å²) < 4.78 is 13.2. The molecule has 0 bridgehead atoms. The molecule has 0 saturated carbocycles. The normalized spacial score (nSPS) is 12.0. The molecule has 3 heteroatoms. The Morgan fingerprint density at radius 2 is 2.07 bits per heavy atom. The molecule has 0 N–H and O–H groups in total. The van der Waals surface area contributed by atoms with Crippen molar-refractivity contribution in [2.75, 3.05) is 0 Å². The van der Waals surface area contributed by atoms with E-state index in [1.54, 1.807) is 19.1 Å². The molecule has 1 rings (SSSR count). The van der Waals surface area contributed by atoms with E-state index in [2.05, 4.69) is 4.99 Å². The van der Waals surface area contributed by atoms with Gasteiger partial charge >= 0.3 is 0 Å². The maximum absolute atomic E-state index is 13.2. The number of nitrogens with zero attached hydrogens (tertiary/aromatic N) is 1. The monoisotopic (exact) mass is 207 g/mol. The summed E-state index contributed by atoms with van der Waals surface area (Å²) in [5.41, 5.74) is 2.38. The molecule has 0 aliphatic rings. The smallest absolute Gasteiger partial charge is 0.211 e. The van der Waals surface area contributed by atoms with Crippen LogP contribution in [0.3, 0.4) is 0 Å². The van der Waals surface area contributed by atoms with E-state index in [1.807, 2.05) is 13.8 Å². The van der Waals surface area contributed by atoms with Crippen molar-refractivity contribution in [1.82, 2.24) is 0 Å². The molecule has 1 unspecified atom stereocenters. The van der Waals surface area contributed by atoms with Crippen molar-refractivity contribution >= 4 is 6.08 Å². The summed E-state index contributed by atoms with van der Waals surface area (Å²) >= 11 is 0. The molecule has 0 aliphatic heterocycles. The standard InChI is InChI=1S/C12H14FNO/c1-4-12(14-7-15)10-5-6-11(13)9(3)8(10)2/h5-6,12H,4H2,1-3H3. The van der Waals surface area contributed by atoms with Gasteiger partial charge in [0, 0.05) is 0 Å². The average Bonchev–Trinajstić information content (AvgIpc) is 2.24. The minimum atomic E-state index is -0.221. The largest absolute Gasteiger partial charge is 0.235 e. The van der Waals surface area contributed by atoms with Crippen LogP contribution in [0.1, 0.15) is 36.1 Å². The van der Waals surface area contributed by atoms with Gasteiger partial charge in [0.1, 0.15) is 5.82 Å². The molecular weight excluding hydrogens is 193 g/mol. The Labute approximate surface area is 88.8 Å². The third kappa shape index (κ3) is 2.31. The molecule has 0 heterocycles. The Balaban J connectivity index is 3.25. The molecule has 0 amide bonds. The predicted molar refractivity (Wildman–Crippen MR) is 57.0 cm³/mol. The van der Waals surface area contributed by atoms with Crippen molar-refractivity contribution in [2.45, 2.75) is 33.2 Å². The average molecular weight is 207 g/mol. The number of hydrogen-bond acceptors (Lipinski definition) is 2. The van der Waals surface area contributed by atoms with Crippen LogP contribution in [0, 0.1) is 19.7 Å². The Morgan fingerprint density at radius 3 is 2.60 bits per heavy atom. The zero-order chi connectivity index (χ0) is 11.4. The second-order valence-electron chi connectivity index (χ2n) is 3.53. The van der Waals surface area contributed by atoms with Crippen LogP contribution in [0.25, 0.3) is 0 Å². The van der Waals surface area contributed by atoms with Gasteiger partial charge in [-0.05, 0) is 43.0 Å². The molecule has 1 aromatic carbocycles. The highest BCUT2D eigenvalue weighted by Gasteiger charge is 2.13. The Bertz CT molecular complexity index is 408. The maximum atomic E-state index is 13.2. The Morgan fingerprint density at radius 1 is 1.40 bits per heavy atom. The van der Waals surface area contributed by atoms with E-state index >= 15 is 0 Å². The molecule has 0 radical (unpaired) electrons. The van der Waals surface area contributed by atoms with Crippen molar-refractivity contribution in [3.05, 3.63) is 34.6 Å².